The Morgan fingerprint density at radius 2 is 2.23 bits per heavy atom. The van der Waals surface area contributed by atoms with Crippen molar-refractivity contribution in [3.05, 3.63) is 39.9 Å². The molecule has 0 aliphatic carbocycles. The fourth-order valence-electron chi connectivity index (χ4n) is 2.33. The summed E-state index contributed by atoms with van der Waals surface area (Å²) in [5.41, 5.74) is 0.689. The molecular weight excluding hydrogens is 286 g/mol. The van der Waals surface area contributed by atoms with Crippen molar-refractivity contribution in [3.63, 3.8) is 0 Å². The Balaban J connectivity index is 1.76. The predicted molar refractivity (Wildman–Crippen MR) is 81.7 cm³/mol. The highest BCUT2D eigenvalue weighted by Gasteiger charge is 2.18. The number of likely N-dealkylation sites (tertiary alicyclic amines) is 1. The maximum atomic E-state index is 11.5. The van der Waals surface area contributed by atoms with Crippen molar-refractivity contribution in [3.8, 4) is 0 Å². The summed E-state index contributed by atoms with van der Waals surface area (Å²) in [4.78, 5) is 27.4. The Morgan fingerprint density at radius 3 is 2.82 bits per heavy atom. The number of carbonyl (C=O) groups excluding carboxylic acids is 1. The van der Waals surface area contributed by atoms with Crippen LogP contribution in [0.3, 0.4) is 0 Å². The van der Waals surface area contributed by atoms with Crippen LogP contribution in [0.25, 0.3) is 0 Å². The van der Waals surface area contributed by atoms with Crippen LogP contribution in [-0.2, 0) is 11.3 Å². The standard InChI is InChI=1S/C15H19N3O4/c1-2-12-7-8-17(9-12)11-16-15(19)22-10-13-3-5-14(6-4-13)18(20)21/h3-6,11-12H,2,7-10H2,1H3. The summed E-state index contributed by atoms with van der Waals surface area (Å²) in [6.07, 6.45) is 3.14. The largest absolute Gasteiger partial charge is 0.443 e. The molecule has 22 heavy (non-hydrogen) atoms. The molecule has 1 amide bonds. The van der Waals surface area contributed by atoms with Gasteiger partial charge in [0.25, 0.3) is 5.69 Å². The molecule has 0 N–H and O–H groups in total. The van der Waals surface area contributed by atoms with E-state index in [4.69, 9.17) is 4.74 Å². The molecule has 1 aliphatic heterocycles. The van der Waals surface area contributed by atoms with Crippen LogP contribution in [0.15, 0.2) is 29.3 Å². The van der Waals surface area contributed by atoms with Crippen molar-refractivity contribution in [2.45, 2.75) is 26.4 Å². The van der Waals surface area contributed by atoms with E-state index in [-0.39, 0.29) is 12.3 Å². The quantitative estimate of drug-likeness (QED) is 0.361. The lowest BCUT2D eigenvalue weighted by Gasteiger charge is -2.10. The number of hydrogen-bond acceptors (Lipinski definition) is 4. The predicted octanol–water partition coefficient (Wildman–Crippen LogP) is 2.99. The van der Waals surface area contributed by atoms with E-state index >= 15 is 0 Å². The summed E-state index contributed by atoms with van der Waals surface area (Å²) < 4.78 is 5.01. The van der Waals surface area contributed by atoms with Crippen LogP contribution < -0.4 is 0 Å². The molecule has 7 heteroatoms. The maximum Gasteiger partial charge on any atom is 0.435 e. The Hall–Kier alpha value is -2.44. The number of carbonyl (C=O) groups is 1. The molecule has 1 saturated heterocycles. The van der Waals surface area contributed by atoms with Gasteiger partial charge in [0.1, 0.15) is 6.61 Å². The molecule has 0 bridgehead atoms. The molecule has 1 fully saturated rings. The van der Waals surface area contributed by atoms with Crippen molar-refractivity contribution in [2.24, 2.45) is 10.9 Å². The van der Waals surface area contributed by atoms with E-state index in [0.29, 0.717) is 11.5 Å². The summed E-state index contributed by atoms with van der Waals surface area (Å²) in [5.74, 6) is 0.669. The Labute approximate surface area is 128 Å². The molecule has 0 saturated carbocycles. The Morgan fingerprint density at radius 1 is 1.50 bits per heavy atom. The van der Waals surface area contributed by atoms with Gasteiger partial charge in [-0.3, -0.25) is 10.1 Å². The highest BCUT2D eigenvalue weighted by Crippen LogP contribution is 2.17. The van der Waals surface area contributed by atoms with Crippen LogP contribution >= 0.6 is 0 Å². The fraction of sp³-hybridized carbons (Fsp3) is 0.467. The molecule has 0 radical (unpaired) electrons. The first-order chi connectivity index (χ1) is 10.6. The molecule has 0 spiro atoms. The SMILES string of the molecule is CCC1CCN(C=NC(=O)OCc2ccc([N+](=O)[O-])cc2)C1. The number of non-ortho nitro benzene ring substituents is 1. The zero-order chi connectivity index (χ0) is 15.9. The Bertz CT molecular complexity index is 556. The van der Waals surface area contributed by atoms with Crippen molar-refractivity contribution in [1.29, 1.82) is 0 Å². The van der Waals surface area contributed by atoms with Gasteiger partial charge < -0.3 is 9.64 Å². The second-order valence-corrected chi connectivity index (χ2v) is 5.28. The molecule has 1 aromatic carbocycles. The van der Waals surface area contributed by atoms with E-state index in [1.165, 1.54) is 18.5 Å². The lowest BCUT2D eigenvalue weighted by Crippen LogP contribution is -2.19. The Kier molecular flexibility index (Phi) is 5.46. The first-order valence-corrected chi connectivity index (χ1v) is 7.26. The van der Waals surface area contributed by atoms with Crippen molar-refractivity contribution >= 4 is 18.1 Å². The first-order valence-electron chi connectivity index (χ1n) is 7.26. The summed E-state index contributed by atoms with van der Waals surface area (Å²) in [6, 6.07) is 5.87. The average Bonchev–Trinajstić information content (AvgIpc) is 2.99. The molecule has 0 aromatic heterocycles. The number of nitro groups is 1. The van der Waals surface area contributed by atoms with Gasteiger partial charge in [0.15, 0.2) is 0 Å². The van der Waals surface area contributed by atoms with Crippen molar-refractivity contribution < 1.29 is 14.5 Å². The molecule has 1 unspecified atom stereocenters. The summed E-state index contributed by atoms with van der Waals surface area (Å²) in [7, 11) is 0. The second kappa shape index (κ2) is 7.53. The van der Waals surface area contributed by atoms with Gasteiger partial charge in [0, 0.05) is 25.2 Å². The number of hydrogen-bond donors (Lipinski definition) is 0. The van der Waals surface area contributed by atoms with Crippen LogP contribution in [0.2, 0.25) is 0 Å². The molecule has 1 heterocycles. The monoisotopic (exact) mass is 305 g/mol. The van der Waals surface area contributed by atoms with E-state index in [0.717, 1.165) is 25.9 Å². The van der Waals surface area contributed by atoms with Crippen LogP contribution in [0.5, 0.6) is 0 Å². The third kappa shape index (κ3) is 4.54. The van der Waals surface area contributed by atoms with Crippen molar-refractivity contribution in [1.82, 2.24) is 4.90 Å². The molecule has 1 aliphatic rings. The lowest BCUT2D eigenvalue weighted by atomic mass is 10.1. The molecule has 7 nitrogen and oxygen atoms in total. The molecule has 1 atom stereocenters. The van der Waals surface area contributed by atoms with Gasteiger partial charge in [0.2, 0.25) is 0 Å². The van der Waals surface area contributed by atoms with E-state index in [9.17, 15) is 14.9 Å². The zero-order valence-electron chi connectivity index (χ0n) is 12.5. The lowest BCUT2D eigenvalue weighted by molar-refractivity contribution is -0.384. The van der Waals surface area contributed by atoms with Gasteiger partial charge in [-0.1, -0.05) is 13.3 Å². The number of nitrogens with zero attached hydrogens (tertiary/aromatic N) is 3. The highest BCUT2D eigenvalue weighted by atomic mass is 16.6. The van der Waals surface area contributed by atoms with Crippen LogP contribution in [0, 0.1) is 16.0 Å². The van der Waals surface area contributed by atoms with Gasteiger partial charge in [-0.2, -0.15) is 4.99 Å². The topological polar surface area (TPSA) is 85.0 Å². The molecular formula is C15H19N3O4. The smallest absolute Gasteiger partial charge is 0.435 e. The van der Waals surface area contributed by atoms with Gasteiger partial charge in [-0.05, 0) is 30.0 Å². The first kappa shape index (κ1) is 15.9. The summed E-state index contributed by atoms with van der Waals surface area (Å²) in [5, 5.41) is 10.5. The maximum absolute atomic E-state index is 11.5. The number of rotatable bonds is 5. The number of nitro benzene ring substituents is 1. The van der Waals surface area contributed by atoms with Crippen LogP contribution in [0.1, 0.15) is 25.3 Å². The van der Waals surface area contributed by atoms with Crippen LogP contribution in [-0.4, -0.2) is 35.3 Å². The van der Waals surface area contributed by atoms with E-state index < -0.39 is 11.0 Å². The fourth-order valence-corrected chi connectivity index (χ4v) is 2.33. The number of benzene rings is 1. The minimum atomic E-state index is -0.654. The third-order valence-corrected chi connectivity index (χ3v) is 3.73. The minimum absolute atomic E-state index is 0.00705. The summed E-state index contributed by atoms with van der Waals surface area (Å²) >= 11 is 0. The van der Waals surface area contributed by atoms with E-state index in [1.54, 1.807) is 12.1 Å². The number of amides is 1. The van der Waals surface area contributed by atoms with Gasteiger partial charge >= 0.3 is 6.09 Å². The van der Waals surface area contributed by atoms with Crippen molar-refractivity contribution in [2.75, 3.05) is 13.1 Å². The number of ether oxygens (including phenoxy) is 1. The minimum Gasteiger partial charge on any atom is -0.443 e. The normalized spacial score (nSPS) is 17.9. The zero-order valence-corrected chi connectivity index (χ0v) is 12.5. The van der Waals surface area contributed by atoms with E-state index in [1.807, 2.05) is 4.90 Å². The third-order valence-electron chi connectivity index (χ3n) is 3.73. The van der Waals surface area contributed by atoms with Gasteiger partial charge in [-0.15, -0.1) is 0 Å². The molecule has 1 aromatic rings. The average molecular weight is 305 g/mol. The van der Waals surface area contributed by atoms with Gasteiger partial charge in [-0.25, -0.2) is 4.79 Å². The molecule has 118 valence electrons. The second-order valence-electron chi connectivity index (χ2n) is 5.28. The number of aliphatic imine (C=N–C) groups is 1. The molecule has 2 rings (SSSR count). The highest BCUT2D eigenvalue weighted by molar-refractivity contribution is 5.78. The van der Waals surface area contributed by atoms with Gasteiger partial charge in [0.05, 0.1) is 11.3 Å². The summed E-state index contributed by atoms with van der Waals surface area (Å²) in [6.45, 7) is 4.04. The van der Waals surface area contributed by atoms with E-state index in [2.05, 4.69) is 11.9 Å². The van der Waals surface area contributed by atoms with Crippen LogP contribution in [0.4, 0.5) is 10.5 Å².